The van der Waals surface area contributed by atoms with E-state index in [0.29, 0.717) is 5.92 Å². The molecular weight excluding hydrogens is 182 g/mol. The monoisotopic (exact) mass is 205 g/mol. The summed E-state index contributed by atoms with van der Waals surface area (Å²) in [5.74, 6) is 0.633. The molecule has 1 fully saturated rings. The molecule has 0 aromatic carbocycles. The molecule has 0 aliphatic heterocycles. The molecule has 0 amide bonds. The van der Waals surface area contributed by atoms with Gasteiger partial charge in [-0.15, -0.1) is 0 Å². The van der Waals surface area contributed by atoms with Gasteiger partial charge in [-0.3, -0.25) is 4.99 Å². The fourth-order valence-corrected chi connectivity index (χ4v) is 2.09. The predicted octanol–water partition coefficient (Wildman–Crippen LogP) is 4.51. The molecule has 1 saturated carbocycles. The molecule has 0 N–H and O–H groups in total. The number of allylic oxidation sites excluding steroid dienone is 2. The van der Waals surface area contributed by atoms with Crippen LogP contribution in [0, 0.1) is 5.92 Å². The average Bonchev–Trinajstić information content (AvgIpc) is 2.43. The Morgan fingerprint density at radius 3 is 2.53 bits per heavy atom. The molecule has 1 rings (SSSR count). The summed E-state index contributed by atoms with van der Waals surface area (Å²) in [7, 11) is 0. The second kappa shape index (κ2) is 5.89. The van der Waals surface area contributed by atoms with Crippen molar-refractivity contribution in [1.82, 2.24) is 0 Å². The van der Waals surface area contributed by atoms with Gasteiger partial charge in [0.2, 0.25) is 0 Å². The summed E-state index contributed by atoms with van der Waals surface area (Å²) in [4.78, 5) is 4.45. The number of nitrogens with zero attached hydrogens (tertiary/aromatic N) is 1. The lowest BCUT2D eigenvalue weighted by Crippen LogP contribution is -2.06. The summed E-state index contributed by atoms with van der Waals surface area (Å²) < 4.78 is 0. The smallest absolute Gasteiger partial charge is 0.0434 e. The largest absolute Gasteiger partial charge is 0.262 e. The van der Waals surface area contributed by atoms with Crippen molar-refractivity contribution in [3.63, 3.8) is 0 Å². The van der Waals surface area contributed by atoms with E-state index in [-0.39, 0.29) is 0 Å². The Balaban J connectivity index is 3.03. The van der Waals surface area contributed by atoms with Gasteiger partial charge in [-0.1, -0.05) is 32.4 Å². The third kappa shape index (κ3) is 3.33. The first-order chi connectivity index (χ1) is 7.16. The minimum Gasteiger partial charge on any atom is -0.262 e. The van der Waals surface area contributed by atoms with Crippen LogP contribution in [0.25, 0.3) is 0 Å². The summed E-state index contributed by atoms with van der Waals surface area (Å²) in [6.45, 7) is 10.5. The summed E-state index contributed by atoms with van der Waals surface area (Å²) in [5, 5.41) is 0. The lowest BCUT2D eigenvalue weighted by atomic mass is 9.93. The molecular formula is C14H23N. The van der Waals surface area contributed by atoms with Crippen molar-refractivity contribution in [1.29, 1.82) is 0 Å². The van der Waals surface area contributed by atoms with Crippen molar-refractivity contribution in [3.8, 4) is 0 Å². The third-order valence-corrected chi connectivity index (χ3v) is 3.28. The van der Waals surface area contributed by atoms with Crippen LogP contribution in [0.1, 0.15) is 52.9 Å². The van der Waals surface area contributed by atoms with E-state index in [1.54, 1.807) is 6.20 Å². The first kappa shape index (κ1) is 12.2. The minimum absolute atomic E-state index is 0.633. The molecule has 15 heavy (non-hydrogen) atoms. The molecule has 0 saturated heterocycles. The first-order valence-corrected chi connectivity index (χ1v) is 6.04. The van der Waals surface area contributed by atoms with Gasteiger partial charge in [0.1, 0.15) is 0 Å². The average molecular weight is 205 g/mol. The molecule has 0 unspecified atom stereocenters. The molecule has 0 aromatic heterocycles. The van der Waals surface area contributed by atoms with Crippen LogP contribution in [0.4, 0.5) is 0 Å². The molecule has 0 atom stereocenters. The highest BCUT2D eigenvalue weighted by Crippen LogP contribution is 2.26. The Bertz CT molecular complexity index is 282. The van der Waals surface area contributed by atoms with E-state index in [9.17, 15) is 0 Å². The Kier molecular flexibility index (Phi) is 4.80. The number of rotatable bonds is 2. The van der Waals surface area contributed by atoms with Gasteiger partial charge >= 0.3 is 0 Å². The molecule has 1 aliphatic carbocycles. The van der Waals surface area contributed by atoms with Crippen molar-refractivity contribution in [3.05, 3.63) is 23.9 Å². The second-order valence-electron chi connectivity index (χ2n) is 4.64. The van der Waals surface area contributed by atoms with Gasteiger partial charge in [0, 0.05) is 11.9 Å². The van der Waals surface area contributed by atoms with E-state index in [1.165, 1.54) is 42.5 Å². The zero-order valence-electron chi connectivity index (χ0n) is 10.3. The normalized spacial score (nSPS) is 24.1. The van der Waals surface area contributed by atoms with Gasteiger partial charge in [-0.2, -0.15) is 0 Å². The lowest BCUT2D eigenvalue weighted by Gasteiger charge is -2.14. The molecule has 0 heterocycles. The fraction of sp³-hybridized carbons (Fsp3) is 0.643. The topological polar surface area (TPSA) is 12.4 Å². The first-order valence-electron chi connectivity index (χ1n) is 6.04. The Labute approximate surface area is 94.0 Å². The zero-order chi connectivity index (χ0) is 11.3. The van der Waals surface area contributed by atoms with E-state index >= 15 is 0 Å². The molecule has 1 heteroatoms. The summed E-state index contributed by atoms with van der Waals surface area (Å²) in [5.41, 5.74) is 4.30. The molecule has 1 aliphatic rings. The second-order valence-corrected chi connectivity index (χ2v) is 4.64. The van der Waals surface area contributed by atoms with E-state index < -0.39 is 0 Å². The van der Waals surface area contributed by atoms with Gasteiger partial charge in [0.25, 0.3) is 0 Å². The van der Waals surface area contributed by atoms with Crippen LogP contribution in [-0.4, -0.2) is 5.71 Å². The SMILES string of the molecule is C=CN=C1CCCCC/C1=C(/C)C(C)C. The summed E-state index contributed by atoms with van der Waals surface area (Å²) >= 11 is 0. The van der Waals surface area contributed by atoms with Crippen LogP contribution in [0.15, 0.2) is 28.9 Å². The van der Waals surface area contributed by atoms with E-state index in [1.807, 2.05) is 0 Å². The lowest BCUT2D eigenvalue weighted by molar-refractivity contribution is 0.710. The van der Waals surface area contributed by atoms with Crippen molar-refractivity contribution < 1.29 is 0 Å². The highest BCUT2D eigenvalue weighted by atomic mass is 14.7. The van der Waals surface area contributed by atoms with Crippen LogP contribution in [0.2, 0.25) is 0 Å². The van der Waals surface area contributed by atoms with E-state index in [2.05, 4.69) is 32.3 Å². The quantitative estimate of drug-likeness (QED) is 0.588. The van der Waals surface area contributed by atoms with Crippen LogP contribution < -0.4 is 0 Å². The maximum absolute atomic E-state index is 4.45. The van der Waals surface area contributed by atoms with Crippen molar-refractivity contribution >= 4 is 5.71 Å². The van der Waals surface area contributed by atoms with Gasteiger partial charge in [-0.25, -0.2) is 0 Å². The standard InChI is InChI=1S/C14H23N/c1-5-15-14-10-8-6-7-9-13(14)12(4)11(2)3/h5,11H,1,6-10H2,2-4H3/b13-12+,15-14?. The maximum Gasteiger partial charge on any atom is 0.0434 e. The van der Waals surface area contributed by atoms with E-state index in [0.717, 1.165) is 6.42 Å². The fourth-order valence-electron chi connectivity index (χ4n) is 2.09. The van der Waals surface area contributed by atoms with Crippen LogP contribution in [0.3, 0.4) is 0 Å². The van der Waals surface area contributed by atoms with Gasteiger partial charge < -0.3 is 0 Å². The maximum atomic E-state index is 4.45. The highest BCUT2D eigenvalue weighted by Gasteiger charge is 2.15. The van der Waals surface area contributed by atoms with Crippen molar-refractivity contribution in [2.75, 3.05) is 0 Å². The van der Waals surface area contributed by atoms with Crippen LogP contribution >= 0.6 is 0 Å². The minimum atomic E-state index is 0.633. The van der Waals surface area contributed by atoms with E-state index in [4.69, 9.17) is 0 Å². The molecule has 0 radical (unpaired) electrons. The molecule has 0 bridgehead atoms. The highest BCUT2D eigenvalue weighted by molar-refractivity contribution is 6.01. The van der Waals surface area contributed by atoms with Gasteiger partial charge in [-0.05, 0) is 44.1 Å². The molecule has 1 nitrogen and oxygen atoms in total. The van der Waals surface area contributed by atoms with Crippen molar-refractivity contribution in [2.24, 2.45) is 10.9 Å². The van der Waals surface area contributed by atoms with Gasteiger partial charge in [0.15, 0.2) is 0 Å². The Morgan fingerprint density at radius 2 is 1.93 bits per heavy atom. The molecule has 0 spiro atoms. The van der Waals surface area contributed by atoms with Gasteiger partial charge in [0.05, 0.1) is 0 Å². The summed E-state index contributed by atoms with van der Waals surface area (Å²) in [6, 6.07) is 0. The number of hydrogen-bond acceptors (Lipinski definition) is 1. The van der Waals surface area contributed by atoms with Crippen LogP contribution in [0.5, 0.6) is 0 Å². The summed E-state index contributed by atoms with van der Waals surface area (Å²) in [6.07, 6.45) is 7.96. The Morgan fingerprint density at radius 1 is 1.27 bits per heavy atom. The number of hydrogen-bond donors (Lipinski definition) is 0. The molecule has 0 aromatic rings. The third-order valence-electron chi connectivity index (χ3n) is 3.28. The zero-order valence-corrected chi connectivity index (χ0v) is 10.3. The van der Waals surface area contributed by atoms with Crippen molar-refractivity contribution in [2.45, 2.75) is 52.9 Å². The molecule has 84 valence electrons. The van der Waals surface area contributed by atoms with Crippen LogP contribution in [-0.2, 0) is 0 Å². The number of aliphatic imine (C=N–C) groups is 1. The predicted molar refractivity (Wildman–Crippen MR) is 68.3 cm³/mol. The Hall–Kier alpha value is -0.850.